The number of halogens is 4. The zero-order chi connectivity index (χ0) is 20.8. The number of pyridine rings is 1. The van der Waals surface area contributed by atoms with Crippen LogP contribution in [0.2, 0.25) is 5.02 Å². The van der Waals surface area contributed by atoms with Crippen LogP contribution in [0.15, 0.2) is 76.7 Å². The minimum absolute atomic E-state index is 0.162. The molecule has 4 rings (SSSR count). The number of benzene rings is 3. The van der Waals surface area contributed by atoms with Crippen molar-refractivity contribution in [3.8, 4) is 11.1 Å². The van der Waals surface area contributed by atoms with E-state index in [4.69, 9.17) is 11.6 Å². The highest BCUT2D eigenvalue weighted by molar-refractivity contribution is 7.91. The minimum atomic E-state index is -4.20. The first-order valence-electron chi connectivity index (χ1n) is 8.32. The lowest BCUT2D eigenvalue weighted by Crippen LogP contribution is -2.06. The first-order valence-corrected chi connectivity index (χ1v) is 10.2. The second-order valence-electron chi connectivity index (χ2n) is 6.25. The number of hydrogen-bond donors (Lipinski definition) is 0. The lowest BCUT2D eigenvalue weighted by Gasteiger charge is -2.14. The molecule has 0 spiro atoms. The Morgan fingerprint density at radius 2 is 1.52 bits per heavy atom. The van der Waals surface area contributed by atoms with E-state index in [1.54, 1.807) is 0 Å². The van der Waals surface area contributed by atoms with Crippen LogP contribution in [0.3, 0.4) is 0 Å². The molecule has 0 saturated heterocycles. The number of sulfone groups is 1. The average molecular weight is 434 g/mol. The summed E-state index contributed by atoms with van der Waals surface area (Å²) in [5, 5.41) is -0.111. The fourth-order valence-corrected chi connectivity index (χ4v) is 4.74. The summed E-state index contributed by atoms with van der Waals surface area (Å²) >= 11 is 5.75. The van der Waals surface area contributed by atoms with Crippen molar-refractivity contribution in [2.75, 3.05) is 0 Å². The Kier molecular flexibility index (Phi) is 4.80. The normalized spacial score (nSPS) is 11.7. The largest absolute Gasteiger partial charge is 0.255 e. The third-order valence-corrected chi connectivity index (χ3v) is 6.47. The standard InChI is InChI=1S/C21H11ClF3NO2S/c22-17-10-15(6-7-18(17)25)29(27,28)20-11-26-19-8-5-14(24)9-16(19)21(20)12-1-3-13(23)4-2-12/h1-11H. The Labute approximate surface area is 169 Å². The zero-order valence-electron chi connectivity index (χ0n) is 14.5. The molecule has 8 heteroatoms. The van der Waals surface area contributed by atoms with E-state index < -0.39 is 27.3 Å². The molecule has 4 aromatic rings. The average Bonchev–Trinajstić information content (AvgIpc) is 2.69. The van der Waals surface area contributed by atoms with E-state index in [2.05, 4.69) is 4.98 Å². The van der Waals surface area contributed by atoms with Gasteiger partial charge in [-0.2, -0.15) is 0 Å². The Bertz CT molecular complexity index is 1360. The SMILES string of the molecule is O=S(=O)(c1ccc(F)c(Cl)c1)c1cnc2ccc(F)cc2c1-c1ccc(F)cc1. The Hall–Kier alpha value is -2.90. The number of rotatable bonds is 3. The summed E-state index contributed by atoms with van der Waals surface area (Å²) in [7, 11) is -4.20. The smallest absolute Gasteiger partial charge is 0.208 e. The molecule has 3 aromatic carbocycles. The molecule has 0 aliphatic rings. The molecule has 29 heavy (non-hydrogen) atoms. The van der Waals surface area contributed by atoms with Crippen molar-refractivity contribution in [2.45, 2.75) is 9.79 Å². The number of fused-ring (bicyclic) bond motifs is 1. The third-order valence-electron chi connectivity index (χ3n) is 4.42. The number of aromatic nitrogens is 1. The lowest BCUT2D eigenvalue weighted by atomic mass is 10.0. The molecule has 3 nitrogen and oxygen atoms in total. The van der Waals surface area contributed by atoms with Crippen molar-refractivity contribution >= 4 is 32.3 Å². The molecule has 1 heterocycles. The highest BCUT2D eigenvalue weighted by atomic mass is 35.5. The highest BCUT2D eigenvalue weighted by Gasteiger charge is 2.25. The van der Waals surface area contributed by atoms with Gasteiger partial charge in [-0.3, -0.25) is 4.98 Å². The summed E-state index contributed by atoms with van der Waals surface area (Å²) in [6.07, 6.45) is 1.14. The van der Waals surface area contributed by atoms with E-state index >= 15 is 0 Å². The molecule has 0 bridgehead atoms. The van der Waals surface area contributed by atoms with Crippen LogP contribution in [0.4, 0.5) is 13.2 Å². The van der Waals surface area contributed by atoms with Crippen molar-refractivity contribution in [1.82, 2.24) is 4.98 Å². The fraction of sp³-hybridized carbons (Fsp3) is 0. The molecule has 0 atom stereocenters. The Balaban J connectivity index is 2.07. The molecular formula is C21H11ClF3NO2S. The second kappa shape index (κ2) is 7.17. The number of nitrogens with zero attached hydrogens (tertiary/aromatic N) is 1. The van der Waals surface area contributed by atoms with Crippen LogP contribution in [0.25, 0.3) is 22.0 Å². The summed E-state index contributed by atoms with van der Waals surface area (Å²) in [4.78, 5) is 3.65. The number of hydrogen-bond acceptors (Lipinski definition) is 3. The second-order valence-corrected chi connectivity index (χ2v) is 8.57. The van der Waals surface area contributed by atoms with Crippen molar-refractivity contribution in [3.63, 3.8) is 0 Å². The van der Waals surface area contributed by atoms with Gasteiger partial charge >= 0.3 is 0 Å². The molecule has 1 aromatic heterocycles. The monoisotopic (exact) mass is 433 g/mol. The van der Waals surface area contributed by atoms with Gasteiger partial charge in [-0.05, 0) is 54.1 Å². The molecule has 0 fully saturated rings. The summed E-state index contributed by atoms with van der Waals surface area (Å²) in [5.74, 6) is -1.85. The fourth-order valence-electron chi connectivity index (χ4n) is 3.04. The zero-order valence-corrected chi connectivity index (χ0v) is 16.1. The maximum atomic E-state index is 13.9. The molecule has 0 N–H and O–H groups in total. The molecule has 0 radical (unpaired) electrons. The van der Waals surface area contributed by atoms with Gasteiger partial charge in [-0.15, -0.1) is 0 Å². The predicted molar refractivity (Wildman–Crippen MR) is 104 cm³/mol. The van der Waals surface area contributed by atoms with E-state index in [0.717, 1.165) is 30.5 Å². The summed E-state index contributed by atoms with van der Waals surface area (Å²) in [5.41, 5.74) is 0.882. The van der Waals surface area contributed by atoms with E-state index in [-0.39, 0.29) is 25.8 Å². The van der Waals surface area contributed by atoms with Crippen LogP contribution < -0.4 is 0 Å². The minimum Gasteiger partial charge on any atom is -0.255 e. The van der Waals surface area contributed by atoms with Crippen LogP contribution in [0, 0.1) is 17.5 Å². The van der Waals surface area contributed by atoms with E-state index in [9.17, 15) is 21.6 Å². The molecule has 0 aliphatic carbocycles. The molecule has 0 aliphatic heterocycles. The molecule has 146 valence electrons. The molecular weight excluding hydrogens is 423 g/mol. The van der Waals surface area contributed by atoms with Crippen LogP contribution in [0.1, 0.15) is 0 Å². The van der Waals surface area contributed by atoms with Gasteiger partial charge in [0.2, 0.25) is 9.84 Å². The predicted octanol–water partition coefficient (Wildman–Crippen LogP) is 5.81. The van der Waals surface area contributed by atoms with Gasteiger partial charge in [0, 0.05) is 17.1 Å². The van der Waals surface area contributed by atoms with Crippen LogP contribution in [-0.2, 0) is 9.84 Å². The maximum absolute atomic E-state index is 13.9. The van der Waals surface area contributed by atoms with Crippen LogP contribution in [-0.4, -0.2) is 13.4 Å². The van der Waals surface area contributed by atoms with Crippen LogP contribution >= 0.6 is 11.6 Å². The Morgan fingerprint density at radius 1 is 0.828 bits per heavy atom. The summed E-state index contributed by atoms with van der Waals surface area (Å²) in [6, 6.07) is 12.0. The first-order chi connectivity index (χ1) is 13.8. The van der Waals surface area contributed by atoms with Crippen molar-refractivity contribution in [3.05, 3.63) is 89.3 Å². The van der Waals surface area contributed by atoms with Crippen molar-refractivity contribution in [1.29, 1.82) is 0 Å². The van der Waals surface area contributed by atoms with Crippen molar-refractivity contribution in [2.24, 2.45) is 0 Å². The summed E-state index contributed by atoms with van der Waals surface area (Å²) in [6.45, 7) is 0. The van der Waals surface area contributed by atoms with Gasteiger partial charge < -0.3 is 0 Å². The van der Waals surface area contributed by atoms with Gasteiger partial charge in [0.1, 0.15) is 17.5 Å². The maximum Gasteiger partial charge on any atom is 0.208 e. The Morgan fingerprint density at radius 3 is 2.21 bits per heavy atom. The molecule has 0 unspecified atom stereocenters. The van der Waals surface area contributed by atoms with Gasteiger partial charge in [0.25, 0.3) is 0 Å². The first kappa shape index (κ1) is 19.4. The van der Waals surface area contributed by atoms with Crippen LogP contribution in [0.5, 0.6) is 0 Å². The summed E-state index contributed by atoms with van der Waals surface area (Å²) < 4.78 is 67.5. The molecule has 0 saturated carbocycles. The lowest BCUT2D eigenvalue weighted by molar-refractivity contribution is 0.594. The van der Waals surface area contributed by atoms with Gasteiger partial charge in [0.15, 0.2) is 0 Å². The quantitative estimate of drug-likeness (QED) is 0.383. The van der Waals surface area contributed by atoms with Crippen molar-refractivity contribution < 1.29 is 21.6 Å². The topological polar surface area (TPSA) is 47.0 Å². The third kappa shape index (κ3) is 3.47. The highest BCUT2D eigenvalue weighted by Crippen LogP contribution is 2.37. The van der Waals surface area contributed by atoms with E-state index in [1.165, 1.54) is 36.4 Å². The van der Waals surface area contributed by atoms with Gasteiger partial charge in [-0.25, -0.2) is 21.6 Å². The molecule has 0 amide bonds. The van der Waals surface area contributed by atoms with Gasteiger partial charge in [-0.1, -0.05) is 23.7 Å². The van der Waals surface area contributed by atoms with E-state index in [1.807, 2.05) is 0 Å². The van der Waals surface area contributed by atoms with Gasteiger partial charge in [0.05, 0.1) is 20.3 Å². The van der Waals surface area contributed by atoms with E-state index in [0.29, 0.717) is 11.1 Å².